The molecule has 0 bridgehead atoms. The van der Waals surface area contributed by atoms with Gasteiger partial charge in [0.1, 0.15) is 0 Å². The zero-order chi connectivity index (χ0) is 12.7. The van der Waals surface area contributed by atoms with Gasteiger partial charge in [-0.05, 0) is 36.8 Å². The highest BCUT2D eigenvalue weighted by Gasteiger charge is 2.04. The van der Waals surface area contributed by atoms with Gasteiger partial charge in [0.2, 0.25) is 5.91 Å². The SMILES string of the molecule is Cc1ccccc1CC(=O)NCCCC(C)C. The fourth-order valence-electron chi connectivity index (χ4n) is 1.78. The van der Waals surface area contributed by atoms with E-state index >= 15 is 0 Å². The van der Waals surface area contributed by atoms with Gasteiger partial charge in [-0.15, -0.1) is 0 Å². The average Bonchev–Trinajstić information content (AvgIpc) is 2.27. The van der Waals surface area contributed by atoms with Crippen molar-refractivity contribution in [3.8, 4) is 0 Å². The number of carbonyl (C=O) groups excluding carboxylic acids is 1. The summed E-state index contributed by atoms with van der Waals surface area (Å²) in [5, 5.41) is 2.97. The van der Waals surface area contributed by atoms with Crippen molar-refractivity contribution in [1.29, 1.82) is 0 Å². The maximum absolute atomic E-state index is 11.7. The van der Waals surface area contributed by atoms with Crippen LogP contribution in [0.25, 0.3) is 0 Å². The Morgan fingerprint density at radius 3 is 2.65 bits per heavy atom. The zero-order valence-corrected chi connectivity index (χ0v) is 11.1. The van der Waals surface area contributed by atoms with E-state index in [0.717, 1.165) is 18.5 Å². The molecule has 1 rings (SSSR count). The van der Waals surface area contributed by atoms with Crippen molar-refractivity contribution in [2.75, 3.05) is 6.54 Å². The molecule has 0 saturated carbocycles. The van der Waals surface area contributed by atoms with Gasteiger partial charge >= 0.3 is 0 Å². The number of hydrogen-bond donors (Lipinski definition) is 1. The van der Waals surface area contributed by atoms with E-state index in [1.807, 2.05) is 31.2 Å². The Labute approximate surface area is 104 Å². The molecule has 1 amide bonds. The fourth-order valence-corrected chi connectivity index (χ4v) is 1.78. The summed E-state index contributed by atoms with van der Waals surface area (Å²) in [4.78, 5) is 11.7. The van der Waals surface area contributed by atoms with Gasteiger partial charge in [0.05, 0.1) is 6.42 Å². The number of carbonyl (C=O) groups is 1. The third kappa shape index (κ3) is 5.53. The molecule has 2 heteroatoms. The lowest BCUT2D eigenvalue weighted by Gasteiger charge is -2.08. The lowest BCUT2D eigenvalue weighted by Crippen LogP contribution is -2.26. The molecule has 0 aliphatic rings. The van der Waals surface area contributed by atoms with Crippen molar-refractivity contribution in [2.24, 2.45) is 5.92 Å². The van der Waals surface area contributed by atoms with E-state index in [9.17, 15) is 4.79 Å². The molecule has 2 nitrogen and oxygen atoms in total. The molecule has 0 heterocycles. The standard InChI is InChI=1S/C15H23NO/c1-12(2)7-6-10-16-15(17)11-14-9-5-4-8-13(14)3/h4-5,8-9,12H,6-7,10-11H2,1-3H3,(H,16,17). The minimum absolute atomic E-state index is 0.128. The highest BCUT2D eigenvalue weighted by molar-refractivity contribution is 5.78. The third-order valence-electron chi connectivity index (χ3n) is 2.89. The number of aryl methyl sites for hydroxylation is 1. The first-order valence-corrected chi connectivity index (χ1v) is 6.41. The smallest absolute Gasteiger partial charge is 0.224 e. The molecule has 0 fully saturated rings. The van der Waals surface area contributed by atoms with Gasteiger partial charge in [0.15, 0.2) is 0 Å². The minimum Gasteiger partial charge on any atom is -0.356 e. The predicted molar refractivity (Wildman–Crippen MR) is 72.0 cm³/mol. The zero-order valence-electron chi connectivity index (χ0n) is 11.1. The van der Waals surface area contributed by atoms with Gasteiger partial charge in [-0.25, -0.2) is 0 Å². The molecule has 0 atom stereocenters. The van der Waals surface area contributed by atoms with E-state index in [1.54, 1.807) is 0 Å². The maximum Gasteiger partial charge on any atom is 0.224 e. The molecule has 0 aromatic heterocycles. The minimum atomic E-state index is 0.128. The fraction of sp³-hybridized carbons (Fsp3) is 0.533. The highest BCUT2D eigenvalue weighted by atomic mass is 16.1. The summed E-state index contributed by atoms with van der Waals surface area (Å²) >= 11 is 0. The number of amides is 1. The molecule has 1 aromatic rings. The van der Waals surface area contributed by atoms with Crippen LogP contribution in [0.2, 0.25) is 0 Å². The Morgan fingerprint density at radius 2 is 2.00 bits per heavy atom. The molecule has 0 aliphatic heterocycles. The molecule has 0 spiro atoms. The van der Waals surface area contributed by atoms with Crippen molar-refractivity contribution in [2.45, 2.75) is 40.0 Å². The largest absolute Gasteiger partial charge is 0.356 e. The van der Waals surface area contributed by atoms with Crippen LogP contribution in [0.3, 0.4) is 0 Å². The van der Waals surface area contributed by atoms with Crippen LogP contribution in [0.15, 0.2) is 24.3 Å². The Morgan fingerprint density at radius 1 is 1.29 bits per heavy atom. The van der Waals surface area contributed by atoms with Gasteiger partial charge in [-0.3, -0.25) is 4.79 Å². The van der Waals surface area contributed by atoms with Gasteiger partial charge in [-0.2, -0.15) is 0 Å². The predicted octanol–water partition coefficient (Wildman–Crippen LogP) is 3.09. The average molecular weight is 233 g/mol. The van der Waals surface area contributed by atoms with Gasteiger partial charge in [0, 0.05) is 6.54 Å². The maximum atomic E-state index is 11.7. The molecule has 1 aromatic carbocycles. The lowest BCUT2D eigenvalue weighted by atomic mass is 10.1. The van der Waals surface area contributed by atoms with Gasteiger partial charge < -0.3 is 5.32 Å². The first-order chi connectivity index (χ1) is 8.09. The summed E-state index contributed by atoms with van der Waals surface area (Å²) in [6, 6.07) is 8.04. The van der Waals surface area contributed by atoms with Crippen LogP contribution in [-0.4, -0.2) is 12.5 Å². The molecule has 94 valence electrons. The van der Waals surface area contributed by atoms with Crippen LogP contribution in [0, 0.1) is 12.8 Å². The first kappa shape index (κ1) is 13.8. The summed E-state index contributed by atoms with van der Waals surface area (Å²) in [5.41, 5.74) is 2.30. The Balaban J connectivity index is 2.28. The monoisotopic (exact) mass is 233 g/mol. The second kappa shape index (κ2) is 7.10. The van der Waals surface area contributed by atoms with Crippen LogP contribution < -0.4 is 5.32 Å². The third-order valence-corrected chi connectivity index (χ3v) is 2.89. The van der Waals surface area contributed by atoms with Crippen LogP contribution in [0.5, 0.6) is 0 Å². The summed E-state index contributed by atoms with van der Waals surface area (Å²) in [5.74, 6) is 0.839. The first-order valence-electron chi connectivity index (χ1n) is 6.41. The van der Waals surface area contributed by atoms with E-state index in [1.165, 1.54) is 12.0 Å². The topological polar surface area (TPSA) is 29.1 Å². The van der Waals surface area contributed by atoms with Crippen LogP contribution in [0.1, 0.15) is 37.8 Å². The summed E-state index contributed by atoms with van der Waals surface area (Å²) < 4.78 is 0. The lowest BCUT2D eigenvalue weighted by molar-refractivity contribution is -0.120. The molecule has 0 saturated heterocycles. The van der Waals surface area contributed by atoms with Gasteiger partial charge in [0.25, 0.3) is 0 Å². The number of hydrogen-bond acceptors (Lipinski definition) is 1. The van der Waals surface area contributed by atoms with Crippen molar-refractivity contribution in [3.05, 3.63) is 35.4 Å². The highest BCUT2D eigenvalue weighted by Crippen LogP contribution is 2.07. The van der Waals surface area contributed by atoms with E-state index < -0.39 is 0 Å². The second-order valence-corrected chi connectivity index (χ2v) is 4.99. The molecule has 1 N–H and O–H groups in total. The number of nitrogens with one attached hydrogen (secondary N) is 1. The molecule has 0 unspecified atom stereocenters. The van der Waals surface area contributed by atoms with E-state index in [0.29, 0.717) is 12.3 Å². The van der Waals surface area contributed by atoms with Crippen LogP contribution in [0.4, 0.5) is 0 Å². The number of benzene rings is 1. The molecule has 0 radical (unpaired) electrons. The molecular formula is C15H23NO. The van der Waals surface area contributed by atoms with Crippen molar-refractivity contribution < 1.29 is 4.79 Å². The Bertz CT molecular complexity index is 358. The van der Waals surface area contributed by atoms with E-state index in [2.05, 4.69) is 19.2 Å². The molecule has 0 aliphatic carbocycles. The molecular weight excluding hydrogens is 210 g/mol. The van der Waals surface area contributed by atoms with Crippen molar-refractivity contribution in [3.63, 3.8) is 0 Å². The van der Waals surface area contributed by atoms with E-state index in [-0.39, 0.29) is 5.91 Å². The Hall–Kier alpha value is -1.31. The van der Waals surface area contributed by atoms with Crippen molar-refractivity contribution >= 4 is 5.91 Å². The Kier molecular flexibility index (Phi) is 5.75. The second-order valence-electron chi connectivity index (χ2n) is 4.99. The van der Waals surface area contributed by atoms with E-state index in [4.69, 9.17) is 0 Å². The van der Waals surface area contributed by atoms with Gasteiger partial charge in [-0.1, -0.05) is 38.1 Å². The summed E-state index contributed by atoms with van der Waals surface area (Å²) in [6.07, 6.45) is 2.73. The number of rotatable bonds is 6. The molecule has 17 heavy (non-hydrogen) atoms. The summed E-state index contributed by atoms with van der Waals surface area (Å²) in [7, 11) is 0. The van der Waals surface area contributed by atoms with Crippen LogP contribution >= 0.6 is 0 Å². The van der Waals surface area contributed by atoms with Crippen LogP contribution in [-0.2, 0) is 11.2 Å². The van der Waals surface area contributed by atoms with Crippen molar-refractivity contribution in [1.82, 2.24) is 5.32 Å². The summed E-state index contributed by atoms with van der Waals surface area (Å²) in [6.45, 7) is 7.24. The quantitative estimate of drug-likeness (QED) is 0.752. The normalized spacial score (nSPS) is 10.6.